The van der Waals surface area contributed by atoms with Gasteiger partial charge in [-0.05, 0) is 61.1 Å². The Bertz CT molecular complexity index is 487. The van der Waals surface area contributed by atoms with Gasteiger partial charge in [-0.3, -0.25) is 0 Å². The van der Waals surface area contributed by atoms with Gasteiger partial charge < -0.3 is 9.84 Å². The highest BCUT2D eigenvalue weighted by molar-refractivity contribution is 5.90. The standard InChI is InChI=1S/C16H22O3/c1-5-6-7-13(10-16(17)18)14-8-12(3)15(19-4)9-11(14)2/h8-10H,5-7H2,1-4H3,(H,17,18)/b13-10+. The van der Waals surface area contributed by atoms with E-state index in [0.29, 0.717) is 0 Å². The van der Waals surface area contributed by atoms with E-state index in [2.05, 4.69) is 6.92 Å². The molecule has 0 radical (unpaired) electrons. The number of unbranched alkanes of at least 4 members (excludes halogenated alkanes) is 1. The molecule has 1 aromatic carbocycles. The maximum atomic E-state index is 11.0. The molecule has 0 bridgehead atoms. The van der Waals surface area contributed by atoms with Crippen molar-refractivity contribution in [3.63, 3.8) is 0 Å². The molecule has 0 amide bonds. The Balaban J connectivity index is 3.22. The van der Waals surface area contributed by atoms with Crippen LogP contribution in [0.25, 0.3) is 5.57 Å². The Hall–Kier alpha value is -1.77. The summed E-state index contributed by atoms with van der Waals surface area (Å²) in [6.07, 6.45) is 4.15. The molecule has 0 heterocycles. The molecule has 1 rings (SSSR count). The summed E-state index contributed by atoms with van der Waals surface area (Å²) in [5.74, 6) is -0.0506. The number of ether oxygens (including phenoxy) is 1. The molecule has 0 saturated carbocycles. The van der Waals surface area contributed by atoms with Crippen molar-refractivity contribution in [3.05, 3.63) is 34.9 Å². The first-order valence-electron chi connectivity index (χ1n) is 6.58. The van der Waals surface area contributed by atoms with Crippen LogP contribution in [0.2, 0.25) is 0 Å². The quantitative estimate of drug-likeness (QED) is 0.789. The molecular weight excluding hydrogens is 240 g/mol. The highest BCUT2D eigenvalue weighted by atomic mass is 16.5. The van der Waals surface area contributed by atoms with Crippen molar-refractivity contribution in [1.82, 2.24) is 0 Å². The number of benzene rings is 1. The Morgan fingerprint density at radius 1 is 1.32 bits per heavy atom. The van der Waals surface area contributed by atoms with E-state index in [1.165, 1.54) is 6.08 Å². The summed E-state index contributed by atoms with van der Waals surface area (Å²) in [4.78, 5) is 11.0. The van der Waals surface area contributed by atoms with Crippen LogP contribution in [0.15, 0.2) is 18.2 Å². The maximum Gasteiger partial charge on any atom is 0.328 e. The monoisotopic (exact) mass is 262 g/mol. The zero-order valence-corrected chi connectivity index (χ0v) is 12.1. The van der Waals surface area contributed by atoms with Gasteiger partial charge >= 0.3 is 5.97 Å². The molecule has 1 N–H and O–H groups in total. The number of carbonyl (C=O) groups is 1. The Kier molecular flexibility index (Phi) is 5.61. The van der Waals surface area contributed by atoms with Gasteiger partial charge in [-0.25, -0.2) is 4.79 Å². The zero-order chi connectivity index (χ0) is 14.4. The smallest absolute Gasteiger partial charge is 0.328 e. The van der Waals surface area contributed by atoms with Gasteiger partial charge in [0, 0.05) is 6.08 Å². The molecular formula is C16H22O3. The number of hydrogen-bond acceptors (Lipinski definition) is 2. The maximum absolute atomic E-state index is 11.0. The fourth-order valence-corrected chi connectivity index (χ4v) is 2.16. The van der Waals surface area contributed by atoms with Gasteiger partial charge in [0.1, 0.15) is 5.75 Å². The minimum atomic E-state index is -0.890. The SMILES string of the molecule is CCCC/C(=C\C(=O)O)c1cc(C)c(OC)cc1C. The Morgan fingerprint density at radius 2 is 2.00 bits per heavy atom. The lowest BCUT2D eigenvalue weighted by Crippen LogP contribution is -1.98. The third-order valence-corrected chi connectivity index (χ3v) is 3.19. The molecule has 3 nitrogen and oxygen atoms in total. The average Bonchev–Trinajstić information content (AvgIpc) is 2.36. The largest absolute Gasteiger partial charge is 0.496 e. The minimum absolute atomic E-state index is 0.787. The lowest BCUT2D eigenvalue weighted by molar-refractivity contribution is -0.131. The molecule has 0 aliphatic heterocycles. The van der Waals surface area contributed by atoms with Gasteiger partial charge in [-0.1, -0.05) is 13.3 Å². The number of carboxylic acid groups (broad SMARTS) is 1. The van der Waals surface area contributed by atoms with E-state index in [1.807, 2.05) is 26.0 Å². The van der Waals surface area contributed by atoms with Crippen molar-refractivity contribution in [2.24, 2.45) is 0 Å². The number of methoxy groups -OCH3 is 1. The number of allylic oxidation sites excluding steroid dienone is 1. The predicted octanol–water partition coefficient (Wildman–Crippen LogP) is 3.97. The van der Waals surface area contributed by atoms with E-state index < -0.39 is 5.97 Å². The highest BCUT2D eigenvalue weighted by Gasteiger charge is 2.10. The number of carboxylic acids is 1. The van der Waals surface area contributed by atoms with Crippen LogP contribution in [0.1, 0.15) is 42.9 Å². The number of rotatable bonds is 6. The Morgan fingerprint density at radius 3 is 2.53 bits per heavy atom. The fraction of sp³-hybridized carbons (Fsp3) is 0.438. The van der Waals surface area contributed by atoms with Crippen molar-refractivity contribution in [3.8, 4) is 5.75 Å². The number of aryl methyl sites for hydroxylation is 2. The van der Waals surface area contributed by atoms with E-state index in [4.69, 9.17) is 9.84 Å². The lowest BCUT2D eigenvalue weighted by Gasteiger charge is -2.14. The third kappa shape index (κ3) is 4.12. The number of hydrogen-bond donors (Lipinski definition) is 1. The highest BCUT2D eigenvalue weighted by Crippen LogP contribution is 2.29. The zero-order valence-electron chi connectivity index (χ0n) is 12.1. The van der Waals surface area contributed by atoms with Gasteiger partial charge in [0.05, 0.1) is 7.11 Å². The molecule has 104 valence electrons. The average molecular weight is 262 g/mol. The van der Waals surface area contributed by atoms with Gasteiger partial charge in [-0.2, -0.15) is 0 Å². The summed E-state index contributed by atoms with van der Waals surface area (Å²) in [7, 11) is 1.65. The summed E-state index contributed by atoms with van der Waals surface area (Å²) in [6.45, 7) is 6.06. The second kappa shape index (κ2) is 6.98. The van der Waals surface area contributed by atoms with E-state index in [-0.39, 0.29) is 0 Å². The molecule has 0 saturated heterocycles. The summed E-state index contributed by atoms with van der Waals surface area (Å²) < 4.78 is 5.29. The fourth-order valence-electron chi connectivity index (χ4n) is 2.16. The molecule has 0 atom stereocenters. The second-order valence-corrected chi connectivity index (χ2v) is 4.75. The topological polar surface area (TPSA) is 46.5 Å². The molecule has 1 aromatic rings. The van der Waals surface area contributed by atoms with Crippen molar-refractivity contribution >= 4 is 11.5 Å². The molecule has 0 aromatic heterocycles. The first kappa shape index (κ1) is 15.3. The number of aliphatic carboxylic acids is 1. The molecule has 0 aliphatic carbocycles. The van der Waals surface area contributed by atoms with Crippen LogP contribution in [-0.4, -0.2) is 18.2 Å². The van der Waals surface area contributed by atoms with Crippen LogP contribution < -0.4 is 4.74 Å². The van der Waals surface area contributed by atoms with Crippen molar-refractivity contribution in [2.45, 2.75) is 40.0 Å². The van der Waals surface area contributed by atoms with Gasteiger partial charge in [0.25, 0.3) is 0 Å². The van der Waals surface area contributed by atoms with Crippen LogP contribution in [0.4, 0.5) is 0 Å². The van der Waals surface area contributed by atoms with Crippen molar-refractivity contribution in [1.29, 1.82) is 0 Å². The van der Waals surface area contributed by atoms with Crippen LogP contribution in [0.5, 0.6) is 5.75 Å². The normalized spacial score (nSPS) is 11.5. The molecule has 0 fully saturated rings. The van der Waals surface area contributed by atoms with Crippen LogP contribution in [0, 0.1) is 13.8 Å². The first-order valence-corrected chi connectivity index (χ1v) is 6.58. The van der Waals surface area contributed by atoms with Gasteiger partial charge in [-0.15, -0.1) is 0 Å². The molecule has 19 heavy (non-hydrogen) atoms. The summed E-state index contributed by atoms with van der Waals surface area (Å²) in [5.41, 5.74) is 3.97. The predicted molar refractivity (Wildman–Crippen MR) is 77.6 cm³/mol. The lowest BCUT2D eigenvalue weighted by atomic mass is 9.94. The van der Waals surface area contributed by atoms with Crippen LogP contribution in [-0.2, 0) is 4.79 Å². The summed E-state index contributed by atoms with van der Waals surface area (Å²) >= 11 is 0. The van der Waals surface area contributed by atoms with E-state index in [1.54, 1.807) is 7.11 Å². The molecule has 3 heteroatoms. The van der Waals surface area contributed by atoms with Gasteiger partial charge in [0.15, 0.2) is 0 Å². The molecule has 0 unspecified atom stereocenters. The van der Waals surface area contributed by atoms with Crippen molar-refractivity contribution < 1.29 is 14.6 Å². The van der Waals surface area contributed by atoms with Gasteiger partial charge in [0.2, 0.25) is 0 Å². The third-order valence-electron chi connectivity index (χ3n) is 3.19. The second-order valence-electron chi connectivity index (χ2n) is 4.75. The minimum Gasteiger partial charge on any atom is -0.496 e. The molecule has 0 aliphatic rings. The summed E-state index contributed by atoms with van der Waals surface area (Å²) in [6, 6.07) is 3.98. The summed E-state index contributed by atoms with van der Waals surface area (Å²) in [5, 5.41) is 9.00. The van der Waals surface area contributed by atoms with Crippen LogP contribution >= 0.6 is 0 Å². The van der Waals surface area contributed by atoms with E-state index in [9.17, 15) is 4.79 Å². The Labute approximate surface area is 114 Å². The first-order chi connectivity index (χ1) is 8.99. The van der Waals surface area contributed by atoms with Crippen LogP contribution in [0.3, 0.4) is 0 Å². The van der Waals surface area contributed by atoms with E-state index in [0.717, 1.165) is 47.3 Å². The van der Waals surface area contributed by atoms with Crippen molar-refractivity contribution in [2.75, 3.05) is 7.11 Å². The van der Waals surface area contributed by atoms with E-state index >= 15 is 0 Å². The molecule has 0 spiro atoms.